The second-order valence-corrected chi connectivity index (χ2v) is 9.60. The van der Waals surface area contributed by atoms with Crippen molar-refractivity contribution in [2.45, 2.75) is 24.9 Å². The Morgan fingerprint density at radius 3 is 2.53 bits per heavy atom. The zero-order valence-electron chi connectivity index (χ0n) is 19.7. The molecule has 0 saturated heterocycles. The number of carbonyl (C=O) groups is 1. The Balaban J connectivity index is 1.26. The normalized spacial score (nSPS) is 14.4. The fourth-order valence-corrected chi connectivity index (χ4v) is 4.78. The van der Waals surface area contributed by atoms with Crippen LogP contribution in [-0.2, 0) is 23.8 Å². The molecule has 1 heterocycles. The van der Waals surface area contributed by atoms with Crippen molar-refractivity contribution in [3.8, 4) is 11.3 Å². The molecule has 0 radical (unpaired) electrons. The van der Waals surface area contributed by atoms with E-state index in [1.54, 1.807) is 12.3 Å². The molecular formula is C28H20Cl2F3N3O2. The van der Waals surface area contributed by atoms with Gasteiger partial charge in [0.15, 0.2) is 0 Å². The summed E-state index contributed by atoms with van der Waals surface area (Å²) in [5.74, 6) is 0.122. The highest BCUT2D eigenvalue weighted by atomic mass is 35.5. The predicted molar refractivity (Wildman–Crippen MR) is 140 cm³/mol. The van der Waals surface area contributed by atoms with E-state index < -0.39 is 17.8 Å². The van der Waals surface area contributed by atoms with Gasteiger partial charge in [0.25, 0.3) is 0 Å². The minimum absolute atomic E-state index is 0.0176. The van der Waals surface area contributed by atoms with Gasteiger partial charge in [-0.05, 0) is 52.9 Å². The number of fused-ring (bicyclic) bond motifs is 3. The van der Waals surface area contributed by atoms with Crippen molar-refractivity contribution >= 4 is 35.2 Å². The Morgan fingerprint density at radius 1 is 1.03 bits per heavy atom. The monoisotopic (exact) mass is 557 g/mol. The Kier molecular flexibility index (Phi) is 7.27. The van der Waals surface area contributed by atoms with Crippen molar-refractivity contribution < 1.29 is 22.7 Å². The van der Waals surface area contributed by atoms with Gasteiger partial charge in [-0.1, -0.05) is 65.7 Å². The molecule has 1 amide bonds. The molecule has 5 rings (SSSR count). The number of nitrogens with one attached hydrogen (secondary N) is 1. The predicted octanol–water partition coefficient (Wildman–Crippen LogP) is 7.95. The number of amides is 1. The average Bonchev–Trinajstić information content (AvgIpc) is 2.90. The number of alkyl halides is 3. The number of hydrogen-bond donors (Lipinski definition) is 1. The summed E-state index contributed by atoms with van der Waals surface area (Å²) in [6, 6.07) is 18.2. The topological polar surface area (TPSA) is 64.1 Å². The summed E-state index contributed by atoms with van der Waals surface area (Å²) in [5, 5.41) is 3.51. The third kappa shape index (κ3) is 5.61. The number of rotatable bonds is 5. The summed E-state index contributed by atoms with van der Waals surface area (Å²) in [6.45, 7) is -0.0176. The van der Waals surface area contributed by atoms with Crippen LogP contribution in [0.4, 0.5) is 23.9 Å². The number of nitrogens with zero attached hydrogens (tertiary/aromatic N) is 2. The summed E-state index contributed by atoms with van der Waals surface area (Å²) in [7, 11) is 0. The number of carbonyl (C=O) groups excluding carboxylic acids is 1. The zero-order chi connectivity index (χ0) is 26.9. The van der Waals surface area contributed by atoms with Crippen LogP contribution in [0.1, 0.15) is 33.7 Å². The molecule has 3 aromatic carbocycles. The molecule has 38 heavy (non-hydrogen) atoms. The number of anilines is 1. The first-order valence-electron chi connectivity index (χ1n) is 11.7. The highest BCUT2D eigenvalue weighted by molar-refractivity contribution is 6.42. The van der Waals surface area contributed by atoms with E-state index in [9.17, 15) is 18.0 Å². The molecule has 0 saturated carbocycles. The average molecular weight is 558 g/mol. The van der Waals surface area contributed by atoms with Crippen LogP contribution in [0.15, 0.2) is 72.9 Å². The van der Waals surface area contributed by atoms with Gasteiger partial charge in [0.05, 0.1) is 27.9 Å². The van der Waals surface area contributed by atoms with E-state index in [0.717, 1.165) is 34.4 Å². The number of aromatic nitrogens is 2. The number of hydrogen-bond acceptors (Lipinski definition) is 4. The maximum absolute atomic E-state index is 12.7. The molecule has 1 N–H and O–H groups in total. The van der Waals surface area contributed by atoms with Crippen molar-refractivity contribution in [2.24, 2.45) is 0 Å². The minimum Gasteiger partial charge on any atom is -0.449 e. The summed E-state index contributed by atoms with van der Waals surface area (Å²) >= 11 is 12.4. The zero-order valence-corrected chi connectivity index (χ0v) is 21.2. The highest BCUT2D eigenvalue weighted by Crippen LogP contribution is 2.42. The van der Waals surface area contributed by atoms with Gasteiger partial charge in [-0.15, -0.1) is 0 Å². The minimum atomic E-state index is -4.39. The quantitative estimate of drug-likeness (QED) is 0.270. The van der Waals surface area contributed by atoms with Crippen molar-refractivity contribution in [1.29, 1.82) is 0 Å². The summed E-state index contributed by atoms with van der Waals surface area (Å²) < 4.78 is 43.3. The van der Waals surface area contributed by atoms with Crippen LogP contribution in [-0.4, -0.2) is 22.7 Å². The van der Waals surface area contributed by atoms with E-state index in [2.05, 4.69) is 15.3 Å². The molecule has 0 aliphatic heterocycles. The van der Waals surface area contributed by atoms with E-state index in [0.29, 0.717) is 27.7 Å². The van der Waals surface area contributed by atoms with Crippen LogP contribution in [0.25, 0.3) is 11.3 Å². The molecule has 1 atom stereocenters. The lowest BCUT2D eigenvalue weighted by Gasteiger charge is -2.27. The fourth-order valence-electron chi connectivity index (χ4n) is 4.47. The maximum atomic E-state index is 12.7. The summed E-state index contributed by atoms with van der Waals surface area (Å²) in [4.78, 5) is 21.2. The second-order valence-electron chi connectivity index (χ2n) is 8.79. The van der Waals surface area contributed by atoms with E-state index in [1.807, 2.05) is 36.4 Å². The first-order chi connectivity index (χ1) is 18.2. The van der Waals surface area contributed by atoms with Gasteiger partial charge in [0.1, 0.15) is 0 Å². The molecule has 4 aromatic rings. The first kappa shape index (κ1) is 26.0. The van der Waals surface area contributed by atoms with E-state index in [1.165, 1.54) is 12.1 Å². The van der Waals surface area contributed by atoms with E-state index in [4.69, 9.17) is 27.9 Å². The molecule has 5 nitrogen and oxygen atoms in total. The van der Waals surface area contributed by atoms with Crippen LogP contribution < -0.4 is 5.32 Å². The summed E-state index contributed by atoms with van der Waals surface area (Å²) in [5.41, 5.74) is 4.54. The Hall–Kier alpha value is -3.62. The molecule has 1 aromatic heterocycles. The Morgan fingerprint density at radius 2 is 1.79 bits per heavy atom. The third-order valence-corrected chi connectivity index (χ3v) is 7.08. The van der Waals surface area contributed by atoms with Crippen molar-refractivity contribution in [2.75, 3.05) is 11.9 Å². The van der Waals surface area contributed by atoms with Gasteiger partial charge in [0.2, 0.25) is 5.95 Å². The smallest absolute Gasteiger partial charge is 0.416 e. The number of halogens is 5. The Bertz CT molecular complexity index is 1490. The third-order valence-electron chi connectivity index (χ3n) is 6.34. The van der Waals surface area contributed by atoms with Crippen molar-refractivity contribution in [1.82, 2.24) is 9.97 Å². The Labute approximate surface area is 226 Å². The van der Waals surface area contributed by atoms with Crippen LogP contribution >= 0.6 is 23.2 Å². The molecular weight excluding hydrogens is 538 g/mol. The fraction of sp³-hybridized carbons (Fsp3) is 0.179. The summed E-state index contributed by atoms with van der Waals surface area (Å²) in [6.07, 6.45) is -2.56. The van der Waals surface area contributed by atoms with Gasteiger partial charge < -0.3 is 4.74 Å². The lowest BCUT2D eigenvalue weighted by molar-refractivity contribution is -0.137. The lowest BCUT2D eigenvalue weighted by atomic mass is 9.78. The molecule has 0 bridgehead atoms. The maximum Gasteiger partial charge on any atom is 0.416 e. The van der Waals surface area contributed by atoms with Gasteiger partial charge in [-0.25, -0.2) is 14.8 Å². The molecule has 1 aliphatic rings. The number of ether oxygens (including phenoxy) is 1. The number of benzene rings is 3. The highest BCUT2D eigenvalue weighted by Gasteiger charge is 2.30. The van der Waals surface area contributed by atoms with Crippen LogP contribution in [0, 0.1) is 0 Å². The lowest BCUT2D eigenvalue weighted by Crippen LogP contribution is -2.19. The van der Waals surface area contributed by atoms with Crippen molar-refractivity contribution in [3.05, 3.63) is 111 Å². The molecule has 0 spiro atoms. The molecule has 0 fully saturated rings. The van der Waals surface area contributed by atoms with Gasteiger partial charge >= 0.3 is 12.3 Å². The van der Waals surface area contributed by atoms with Crippen LogP contribution in [0.3, 0.4) is 0 Å². The largest absolute Gasteiger partial charge is 0.449 e. The van der Waals surface area contributed by atoms with Crippen molar-refractivity contribution in [3.63, 3.8) is 0 Å². The SMILES string of the molecule is O=C(Nc1ncc2c(n1)-c1ccccc1C(c1ccc(Cl)c(Cl)c1)C2)OCCc1ccc(C(F)(F)F)cc1. The molecule has 1 unspecified atom stereocenters. The van der Waals surface area contributed by atoms with Gasteiger partial charge in [-0.3, -0.25) is 5.32 Å². The molecule has 194 valence electrons. The standard InChI is InChI=1S/C28H20Cl2F3N3O2/c29-23-10-7-17(14-24(23)30)22-13-18-15-34-26(35-25(18)21-4-2-1-3-20(21)22)36-27(37)38-12-11-16-5-8-19(9-6-16)28(31,32)33/h1-10,14-15,22H,11-13H2,(H,34,35,36,37). The van der Waals surface area contributed by atoms with E-state index >= 15 is 0 Å². The van der Waals surface area contributed by atoms with Gasteiger partial charge in [-0.2, -0.15) is 13.2 Å². The molecule has 10 heteroatoms. The second kappa shape index (κ2) is 10.6. The van der Waals surface area contributed by atoms with Crippen LogP contribution in [0.2, 0.25) is 10.0 Å². The van der Waals surface area contributed by atoms with E-state index in [-0.39, 0.29) is 24.9 Å². The molecule has 1 aliphatic carbocycles. The van der Waals surface area contributed by atoms with Crippen LogP contribution in [0.5, 0.6) is 0 Å². The van der Waals surface area contributed by atoms with Gasteiger partial charge in [0, 0.05) is 24.1 Å². The first-order valence-corrected chi connectivity index (χ1v) is 12.4.